The van der Waals surface area contributed by atoms with Crippen LogP contribution < -0.4 is 9.46 Å². The largest absolute Gasteiger partial charge is 0.494 e. The highest BCUT2D eigenvalue weighted by atomic mass is 35.5. The molecule has 0 heterocycles. The zero-order valence-corrected chi connectivity index (χ0v) is 16.3. The van der Waals surface area contributed by atoms with Gasteiger partial charge in [0.05, 0.1) is 17.2 Å². The van der Waals surface area contributed by atoms with Crippen LogP contribution in [0.15, 0.2) is 47.4 Å². The number of ketones is 1. The topological polar surface area (TPSA) is 98.8 Å². The van der Waals surface area contributed by atoms with Crippen LogP contribution in [-0.4, -0.2) is 40.4 Å². The predicted molar refractivity (Wildman–Crippen MR) is 99.9 cm³/mol. The number of hydrogen-bond donors (Lipinski definition) is 1. The molecule has 2 aromatic carbocycles. The normalized spacial score (nSPS) is 11.1. The molecule has 0 saturated heterocycles. The Hall–Kier alpha value is -2.42. The van der Waals surface area contributed by atoms with E-state index in [1.807, 2.05) is 6.92 Å². The van der Waals surface area contributed by atoms with Crippen molar-refractivity contribution in [3.8, 4) is 5.75 Å². The van der Waals surface area contributed by atoms with Gasteiger partial charge in [0, 0.05) is 5.56 Å². The minimum Gasteiger partial charge on any atom is -0.494 e. The summed E-state index contributed by atoms with van der Waals surface area (Å²) in [6.45, 7) is 1.88. The van der Waals surface area contributed by atoms with Crippen LogP contribution in [0.3, 0.4) is 0 Å². The Morgan fingerprint density at radius 2 is 1.70 bits per heavy atom. The molecular weight excluding hydrogens is 394 g/mol. The van der Waals surface area contributed by atoms with Crippen LogP contribution in [0.2, 0.25) is 5.02 Å². The molecule has 144 valence electrons. The summed E-state index contributed by atoms with van der Waals surface area (Å²) in [6.07, 6.45) is 0. The summed E-state index contributed by atoms with van der Waals surface area (Å²) in [5, 5.41) is -0.0358. The maximum absolute atomic E-state index is 12.1. The Bertz CT molecular complexity index is 941. The number of carbonyl (C=O) groups excluding carboxylic acids is 2. The van der Waals surface area contributed by atoms with Crippen LogP contribution in [0, 0.1) is 0 Å². The average molecular weight is 412 g/mol. The lowest BCUT2D eigenvalue weighted by atomic mass is 10.1. The molecule has 0 aliphatic heterocycles. The molecule has 2 rings (SSSR count). The molecule has 0 radical (unpaired) electrons. The first-order valence-corrected chi connectivity index (χ1v) is 9.81. The van der Waals surface area contributed by atoms with E-state index in [-0.39, 0.29) is 15.5 Å². The number of rotatable bonds is 8. The van der Waals surface area contributed by atoms with E-state index in [9.17, 15) is 18.0 Å². The van der Waals surface area contributed by atoms with E-state index in [1.165, 1.54) is 19.2 Å². The van der Waals surface area contributed by atoms with Gasteiger partial charge in [-0.3, -0.25) is 4.79 Å². The smallest absolute Gasteiger partial charge is 0.338 e. The van der Waals surface area contributed by atoms with Crippen LogP contribution in [0.25, 0.3) is 0 Å². The van der Waals surface area contributed by atoms with Crippen LogP contribution in [0.5, 0.6) is 5.75 Å². The fourth-order valence-electron chi connectivity index (χ4n) is 2.15. The summed E-state index contributed by atoms with van der Waals surface area (Å²) in [4.78, 5) is 24.0. The van der Waals surface area contributed by atoms with Gasteiger partial charge in [-0.1, -0.05) is 11.6 Å². The highest BCUT2D eigenvalue weighted by Gasteiger charge is 2.20. The number of sulfonamides is 1. The zero-order valence-electron chi connectivity index (χ0n) is 14.7. The second-order valence-electron chi connectivity index (χ2n) is 5.31. The van der Waals surface area contributed by atoms with E-state index in [2.05, 4.69) is 4.72 Å². The standard InChI is InChI=1S/C18H18ClNO6S/c1-3-25-14-7-4-12(5-8-14)16(21)11-26-18(22)13-6-9-15(19)17(10-13)27(23,24)20-2/h4-10,20H,3,11H2,1-2H3. The summed E-state index contributed by atoms with van der Waals surface area (Å²) in [6, 6.07) is 10.1. The van der Waals surface area contributed by atoms with Crippen molar-refractivity contribution in [2.75, 3.05) is 20.3 Å². The Balaban J connectivity index is 2.07. The summed E-state index contributed by atoms with van der Waals surface area (Å²) in [7, 11) is -2.61. The molecule has 2 aromatic rings. The molecule has 0 aliphatic carbocycles. The maximum Gasteiger partial charge on any atom is 0.338 e. The summed E-state index contributed by atoms with van der Waals surface area (Å²) < 4.78 is 36.2. The third kappa shape index (κ3) is 5.29. The molecule has 0 bridgehead atoms. The van der Waals surface area contributed by atoms with Gasteiger partial charge in [-0.15, -0.1) is 0 Å². The first kappa shape index (κ1) is 20.9. The fraction of sp³-hybridized carbons (Fsp3) is 0.222. The number of ether oxygens (including phenoxy) is 2. The molecule has 27 heavy (non-hydrogen) atoms. The average Bonchev–Trinajstić information content (AvgIpc) is 2.67. The van der Waals surface area contributed by atoms with Gasteiger partial charge in [0.25, 0.3) is 0 Å². The number of benzene rings is 2. The van der Waals surface area contributed by atoms with E-state index in [4.69, 9.17) is 21.1 Å². The number of halogens is 1. The second kappa shape index (κ2) is 8.98. The van der Waals surface area contributed by atoms with Crippen LogP contribution >= 0.6 is 11.6 Å². The van der Waals surface area contributed by atoms with Gasteiger partial charge in [0.1, 0.15) is 10.6 Å². The first-order chi connectivity index (χ1) is 12.8. The third-order valence-corrected chi connectivity index (χ3v) is 5.44. The van der Waals surface area contributed by atoms with E-state index in [1.54, 1.807) is 24.3 Å². The Kier molecular flexibility index (Phi) is 6.95. The monoisotopic (exact) mass is 411 g/mol. The molecule has 7 nitrogen and oxygen atoms in total. The van der Waals surface area contributed by atoms with Gasteiger partial charge in [0.2, 0.25) is 10.0 Å². The summed E-state index contributed by atoms with van der Waals surface area (Å²) >= 11 is 5.87. The molecule has 1 N–H and O–H groups in total. The Labute approximate surface area is 162 Å². The van der Waals surface area contributed by atoms with Gasteiger partial charge in [0.15, 0.2) is 12.4 Å². The molecule has 0 saturated carbocycles. The zero-order chi connectivity index (χ0) is 20.0. The van der Waals surface area contributed by atoms with Crippen molar-refractivity contribution in [2.24, 2.45) is 0 Å². The molecule has 0 unspecified atom stereocenters. The fourth-order valence-corrected chi connectivity index (χ4v) is 3.40. The number of hydrogen-bond acceptors (Lipinski definition) is 6. The molecular formula is C18H18ClNO6S. The van der Waals surface area contributed by atoms with E-state index in [0.717, 1.165) is 6.07 Å². The van der Waals surface area contributed by atoms with E-state index in [0.29, 0.717) is 17.9 Å². The van der Waals surface area contributed by atoms with Crippen molar-refractivity contribution in [1.82, 2.24) is 4.72 Å². The minimum absolute atomic E-state index is 0.0345. The van der Waals surface area contributed by atoms with E-state index < -0.39 is 28.4 Å². The molecule has 0 atom stereocenters. The Morgan fingerprint density at radius 3 is 2.30 bits per heavy atom. The van der Waals surface area contributed by atoms with Gasteiger partial charge in [-0.05, 0) is 56.4 Å². The highest BCUT2D eigenvalue weighted by Crippen LogP contribution is 2.23. The van der Waals surface area contributed by atoms with Crippen molar-refractivity contribution in [2.45, 2.75) is 11.8 Å². The SMILES string of the molecule is CCOc1ccc(C(=O)COC(=O)c2ccc(Cl)c(S(=O)(=O)NC)c2)cc1. The van der Waals surface area contributed by atoms with Gasteiger partial charge < -0.3 is 9.47 Å². The van der Waals surface area contributed by atoms with Crippen molar-refractivity contribution in [3.63, 3.8) is 0 Å². The van der Waals surface area contributed by atoms with Crippen LogP contribution in [0.4, 0.5) is 0 Å². The predicted octanol–water partition coefficient (Wildman–Crippen LogP) is 2.69. The Morgan fingerprint density at radius 1 is 1.07 bits per heavy atom. The minimum atomic E-state index is -3.84. The van der Waals surface area contributed by atoms with Crippen molar-refractivity contribution in [1.29, 1.82) is 0 Å². The number of nitrogens with one attached hydrogen (secondary N) is 1. The van der Waals surface area contributed by atoms with Crippen molar-refractivity contribution in [3.05, 3.63) is 58.6 Å². The summed E-state index contributed by atoms with van der Waals surface area (Å²) in [5.74, 6) is -0.604. The van der Waals surface area contributed by atoms with Crippen molar-refractivity contribution >= 4 is 33.4 Å². The van der Waals surface area contributed by atoms with Crippen molar-refractivity contribution < 1.29 is 27.5 Å². The van der Waals surface area contributed by atoms with Gasteiger partial charge in [-0.25, -0.2) is 17.9 Å². The lowest BCUT2D eigenvalue weighted by Gasteiger charge is -2.09. The number of esters is 1. The molecule has 0 spiro atoms. The molecule has 0 aliphatic rings. The quantitative estimate of drug-likeness (QED) is 0.529. The molecule has 0 fully saturated rings. The maximum atomic E-state index is 12.1. The number of carbonyl (C=O) groups is 2. The lowest BCUT2D eigenvalue weighted by molar-refractivity contribution is 0.0474. The molecule has 0 aromatic heterocycles. The second-order valence-corrected chi connectivity index (χ2v) is 7.57. The first-order valence-electron chi connectivity index (χ1n) is 7.94. The number of Topliss-reactive ketones (excluding diaryl/α,β-unsaturated/α-hetero) is 1. The van der Waals surface area contributed by atoms with Crippen LogP contribution in [-0.2, 0) is 14.8 Å². The van der Waals surface area contributed by atoms with E-state index >= 15 is 0 Å². The van der Waals surface area contributed by atoms with Gasteiger partial charge in [-0.2, -0.15) is 0 Å². The van der Waals surface area contributed by atoms with Gasteiger partial charge >= 0.3 is 5.97 Å². The summed E-state index contributed by atoms with van der Waals surface area (Å²) in [5.41, 5.74) is 0.327. The third-order valence-electron chi connectivity index (χ3n) is 3.55. The van der Waals surface area contributed by atoms with Crippen LogP contribution in [0.1, 0.15) is 27.6 Å². The lowest BCUT2D eigenvalue weighted by Crippen LogP contribution is -2.20. The highest BCUT2D eigenvalue weighted by molar-refractivity contribution is 7.89. The molecule has 9 heteroatoms. The molecule has 0 amide bonds.